The lowest BCUT2D eigenvalue weighted by molar-refractivity contribution is 0.118. The van der Waals surface area contributed by atoms with Gasteiger partial charge in [0.05, 0.1) is 11.4 Å². The van der Waals surface area contributed by atoms with Crippen LogP contribution in [0.1, 0.15) is 13.8 Å². The standard InChI is InChI=1S/C5H11ClO3S/c1-4(9-3)5(2)10(6,7)8/h4-5H,1-3H3/t4?,5-/m1/s1. The van der Waals surface area contributed by atoms with Gasteiger partial charge in [-0.25, -0.2) is 8.42 Å². The maximum atomic E-state index is 10.6. The monoisotopic (exact) mass is 186 g/mol. The van der Waals surface area contributed by atoms with Crippen LogP contribution in [0.3, 0.4) is 0 Å². The second kappa shape index (κ2) is 3.55. The lowest BCUT2D eigenvalue weighted by Gasteiger charge is -2.14. The highest BCUT2D eigenvalue weighted by Gasteiger charge is 2.23. The van der Waals surface area contributed by atoms with Crippen molar-refractivity contribution >= 4 is 19.7 Å². The highest BCUT2D eigenvalue weighted by Crippen LogP contribution is 2.12. The van der Waals surface area contributed by atoms with Gasteiger partial charge in [0.15, 0.2) is 0 Å². The first kappa shape index (κ1) is 10.2. The van der Waals surface area contributed by atoms with Gasteiger partial charge in [-0.15, -0.1) is 0 Å². The van der Waals surface area contributed by atoms with Crippen LogP contribution in [0, 0.1) is 0 Å². The second-order valence-electron chi connectivity index (χ2n) is 2.12. The van der Waals surface area contributed by atoms with E-state index in [1.807, 2.05) is 0 Å². The van der Waals surface area contributed by atoms with Crippen molar-refractivity contribution in [3.63, 3.8) is 0 Å². The molecule has 0 bridgehead atoms. The summed E-state index contributed by atoms with van der Waals surface area (Å²) in [4.78, 5) is 0. The van der Waals surface area contributed by atoms with Crippen LogP contribution in [0.4, 0.5) is 0 Å². The van der Waals surface area contributed by atoms with E-state index in [0.717, 1.165) is 0 Å². The van der Waals surface area contributed by atoms with Gasteiger partial charge >= 0.3 is 0 Å². The Balaban J connectivity index is 4.23. The average molecular weight is 187 g/mol. The molecule has 0 aliphatic rings. The Kier molecular flexibility index (Phi) is 3.62. The molecule has 0 aromatic heterocycles. The summed E-state index contributed by atoms with van der Waals surface area (Å²) in [6, 6.07) is 0. The lowest BCUT2D eigenvalue weighted by atomic mass is 10.3. The molecule has 10 heavy (non-hydrogen) atoms. The molecule has 0 aliphatic heterocycles. The van der Waals surface area contributed by atoms with Gasteiger partial charge in [-0.2, -0.15) is 0 Å². The van der Waals surface area contributed by atoms with Crippen molar-refractivity contribution in [3.05, 3.63) is 0 Å². The van der Waals surface area contributed by atoms with Crippen LogP contribution in [0.5, 0.6) is 0 Å². The summed E-state index contributed by atoms with van der Waals surface area (Å²) >= 11 is 0. The molecule has 0 aromatic rings. The van der Waals surface area contributed by atoms with E-state index in [4.69, 9.17) is 15.4 Å². The van der Waals surface area contributed by atoms with Gasteiger partial charge in [0.1, 0.15) is 0 Å². The minimum absolute atomic E-state index is 0.359. The SMILES string of the molecule is COC(C)[C@@H](C)S(=O)(=O)Cl. The molecule has 0 heterocycles. The number of ether oxygens (including phenoxy) is 1. The predicted molar refractivity (Wildman–Crippen MR) is 40.7 cm³/mol. The zero-order chi connectivity index (χ0) is 8.36. The van der Waals surface area contributed by atoms with Crippen molar-refractivity contribution in [2.45, 2.75) is 25.2 Å². The number of methoxy groups -OCH3 is 1. The van der Waals surface area contributed by atoms with Crippen molar-refractivity contribution in [3.8, 4) is 0 Å². The molecule has 0 radical (unpaired) electrons. The van der Waals surface area contributed by atoms with Gasteiger partial charge in [0.25, 0.3) is 0 Å². The van der Waals surface area contributed by atoms with E-state index in [0.29, 0.717) is 0 Å². The fraction of sp³-hybridized carbons (Fsp3) is 1.00. The molecule has 0 spiro atoms. The lowest BCUT2D eigenvalue weighted by Crippen LogP contribution is -2.27. The Labute approximate surface area is 65.7 Å². The summed E-state index contributed by atoms with van der Waals surface area (Å²) in [5.74, 6) is 0. The largest absolute Gasteiger partial charge is 0.380 e. The van der Waals surface area contributed by atoms with Gasteiger partial charge in [-0.1, -0.05) is 0 Å². The quantitative estimate of drug-likeness (QED) is 0.618. The first-order valence-electron chi connectivity index (χ1n) is 2.86. The number of halogens is 1. The van der Waals surface area contributed by atoms with Crippen LogP contribution in [-0.4, -0.2) is 26.9 Å². The Morgan fingerprint density at radius 1 is 1.40 bits per heavy atom. The molecule has 1 unspecified atom stereocenters. The summed E-state index contributed by atoms with van der Waals surface area (Å²) in [5.41, 5.74) is 0. The summed E-state index contributed by atoms with van der Waals surface area (Å²) in [7, 11) is 3.03. The first-order valence-corrected chi connectivity index (χ1v) is 5.23. The number of rotatable bonds is 3. The third kappa shape index (κ3) is 2.86. The van der Waals surface area contributed by atoms with E-state index < -0.39 is 14.3 Å². The van der Waals surface area contributed by atoms with E-state index >= 15 is 0 Å². The first-order chi connectivity index (χ1) is 4.39. The number of hydrogen-bond donors (Lipinski definition) is 0. The van der Waals surface area contributed by atoms with Crippen molar-refractivity contribution in [1.82, 2.24) is 0 Å². The average Bonchev–Trinajstić information content (AvgIpc) is 1.83. The van der Waals surface area contributed by atoms with Gasteiger partial charge in [-0.3, -0.25) is 0 Å². The van der Waals surface area contributed by atoms with Crippen LogP contribution in [0.2, 0.25) is 0 Å². The predicted octanol–water partition coefficient (Wildman–Crippen LogP) is 0.978. The summed E-state index contributed by atoms with van der Waals surface area (Å²) < 4.78 is 26.0. The normalized spacial score (nSPS) is 18.4. The van der Waals surface area contributed by atoms with E-state index in [2.05, 4.69) is 0 Å². The van der Waals surface area contributed by atoms with Gasteiger partial charge in [0.2, 0.25) is 9.05 Å². The maximum Gasteiger partial charge on any atom is 0.237 e. The molecule has 62 valence electrons. The molecule has 0 N–H and O–H groups in total. The van der Waals surface area contributed by atoms with Crippen LogP contribution in [0.15, 0.2) is 0 Å². The maximum absolute atomic E-state index is 10.6. The molecular formula is C5H11ClO3S. The van der Waals surface area contributed by atoms with E-state index in [1.54, 1.807) is 6.92 Å². The molecule has 0 aromatic carbocycles. The molecule has 0 saturated carbocycles. The minimum Gasteiger partial charge on any atom is -0.380 e. The molecule has 0 fully saturated rings. The van der Waals surface area contributed by atoms with Crippen molar-refractivity contribution in [2.75, 3.05) is 7.11 Å². The Morgan fingerprint density at radius 3 is 1.90 bits per heavy atom. The van der Waals surface area contributed by atoms with Crippen LogP contribution in [-0.2, 0) is 13.8 Å². The van der Waals surface area contributed by atoms with Crippen molar-refractivity contribution in [1.29, 1.82) is 0 Å². The third-order valence-electron chi connectivity index (χ3n) is 1.48. The minimum atomic E-state index is -3.47. The van der Waals surface area contributed by atoms with Crippen molar-refractivity contribution in [2.24, 2.45) is 0 Å². The molecule has 3 nitrogen and oxygen atoms in total. The smallest absolute Gasteiger partial charge is 0.237 e. The van der Waals surface area contributed by atoms with E-state index in [1.165, 1.54) is 14.0 Å². The van der Waals surface area contributed by atoms with Gasteiger partial charge < -0.3 is 4.74 Å². The zero-order valence-corrected chi connectivity index (χ0v) is 7.74. The Morgan fingerprint density at radius 2 is 1.80 bits per heavy atom. The van der Waals surface area contributed by atoms with E-state index in [9.17, 15) is 8.42 Å². The zero-order valence-electron chi connectivity index (χ0n) is 6.17. The molecule has 2 atom stereocenters. The van der Waals surface area contributed by atoms with Crippen LogP contribution >= 0.6 is 10.7 Å². The highest BCUT2D eigenvalue weighted by molar-refractivity contribution is 8.14. The summed E-state index contributed by atoms with van der Waals surface area (Å²) in [6.45, 7) is 3.17. The topological polar surface area (TPSA) is 43.4 Å². The molecule has 0 amide bonds. The summed E-state index contributed by atoms with van der Waals surface area (Å²) in [5, 5.41) is -0.654. The third-order valence-corrected chi connectivity index (χ3v) is 3.59. The highest BCUT2D eigenvalue weighted by atomic mass is 35.7. The second-order valence-corrected chi connectivity index (χ2v) is 5.11. The molecule has 0 aliphatic carbocycles. The van der Waals surface area contributed by atoms with Gasteiger partial charge in [0, 0.05) is 17.8 Å². The molecule has 0 rings (SSSR count). The molecular weight excluding hydrogens is 176 g/mol. The van der Waals surface area contributed by atoms with Crippen molar-refractivity contribution < 1.29 is 13.2 Å². The molecule has 0 saturated heterocycles. The van der Waals surface area contributed by atoms with E-state index in [-0.39, 0.29) is 6.10 Å². The summed E-state index contributed by atoms with van der Waals surface area (Å²) in [6.07, 6.45) is -0.359. The fourth-order valence-corrected chi connectivity index (χ4v) is 1.42. The van der Waals surface area contributed by atoms with Crippen LogP contribution in [0.25, 0.3) is 0 Å². The molecule has 5 heteroatoms. The van der Waals surface area contributed by atoms with Gasteiger partial charge in [-0.05, 0) is 13.8 Å². The fourth-order valence-electron chi connectivity index (χ4n) is 0.421. The number of hydrogen-bond acceptors (Lipinski definition) is 3. The Bertz CT molecular complexity index is 187. The Hall–Kier alpha value is 0.200. The van der Waals surface area contributed by atoms with Crippen LogP contribution < -0.4 is 0 Å².